The summed E-state index contributed by atoms with van der Waals surface area (Å²) in [5.41, 5.74) is 2.80. The van der Waals surface area contributed by atoms with Gasteiger partial charge in [0, 0.05) is 12.6 Å². The monoisotopic (exact) mass is 286 g/mol. The van der Waals surface area contributed by atoms with E-state index in [-0.39, 0.29) is 5.69 Å². The summed E-state index contributed by atoms with van der Waals surface area (Å²) in [5.74, 6) is 0.930. The van der Waals surface area contributed by atoms with Gasteiger partial charge in [0.2, 0.25) is 5.75 Å². The first-order valence-electron chi connectivity index (χ1n) is 6.69. The van der Waals surface area contributed by atoms with Crippen LogP contribution in [0.1, 0.15) is 16.7 Å². The van der Waals surface area contributed by atoms with Crippen molar-refractivity contribution in [2.24, 2.45) is 0 Å². The van der Waals surface area contributed by atoms with E-state index in [1.807, 2.05) is 32.2 Å². The zero-order chi connectivity index (χ0) is 15.4. The summed E-state index contributed by atoms with van der Waals surface area (Å²) in [6, 6.07) is 10.7. The van der Waals surface area contributed by atoms with Crippen LogP contribution in [0.25, 0.3) is 0 Å². The first-order valence-corrected chi connectivity index (χ1v) is 6.69. The first kappa shape index (κ1) is 15.0. The highest BCUT2D eigenvalue weighted by atomic mass is 16.6. The molecule has 0 radical (unpaired) electrons. The fraction of sp³-hybridized carbons (Fsp3) is 0.250. The lowest BCUT2D eigenvalue weighted by molar-refractivity contribution is -0.385. The Balaban J connectivity index is 2.37. The molecule has 0 aliphatic heterocycles. The Labute approximate surface area is 123 Å². The number of nitrogens with zero attached hydrogens (tertiary/aromatic N) is 1. The number of hydrogen-bond acceptors (Lipinski definition) is 4. The number of benzene rings is 2. The molecule has 2 aromatic carbocycles. The van der Waals surface area contributed by atoms with Crippen molar-refractivity contribution in [2.75, 3.05) is 7.05 Å². The third-order valence-corrected chi connectivity index (χ3v) is 3.22. The summed E-state index contributed by atoms with van der Waals surface area (Å²) in [7, 11) is 1.89. The Bertz CT molecular complexity index is 669. The number of rotatable bonds is 5. The van der Waals surface area contributed by atoms with Crippen LogP contribution in [0, 0.1) is 24.0 Å². The van der Waals surface area contributed by atoms with Crippen molar-refractivity contribution in [3.63, 3.8) is 0 Å². The lowest BCUT2D eigenvalue weighted by atomic mass is 10.1. The zero-order valence-electron chi connectivity index (χ0n) is 12.3. The molecule has 21 heavy (non-hydrogen) atoms. The second-order valence-electron chi connectivity index (χ2n) is 4.91. The molecule has 5 nitrogen and oxygen atoms in total. The molecule has 0 bridgehead atoms. The predicted molar refractivity (Wildman–Crippen MR) is 81.9 cm³/mol. The molecule has 2 rings (SSSR count). The van der Waals surface area contributed by atoms with Crippen molar-refractivity contribution < 1.29 is 9.66 Å². The van der Waals surface area contributed by atoms with E-state index in [9.17, 15) is 10.1 Å². The molecule has 0 amide bonds. The molecule has 0 atom stereocenters. The normalized spacial score (nSPS) is 10.4. The fourth-order valence-corrected chi connectivity index (χ4v) is 2.16. The highest BCUT2D eigenvalue weighted by molar-refractivity contribution is 5.54. The van der Waals surface area contributed by atoms with Crippen LogP contribution in [0.5, 0.6) is 11.5 Å². The van der Waals surface area contributed by atoms with E-state index in [0.717, 1.165) is 23.2 Å². The van der Waals surface area contributed by atoms with Crippen molar-refractivity contribution in [3.8, 4) is 11.5 Å². The summed E-state index contributed by atoms with van der Waals surface area (Å²) in [6.45, 7) is 4.50. The van der Waals surface area contributed by atoms with Gasteiger partial charge in [-0.25, -0.2) is 0 Å². The van der Waals surface area contributed by atoms with Gasteiger partial charge in [0.25, 0.3) is 0 Å². The second-order valence-corrected chi connectivity index (χ2v) is 4.91. The second kappa shape index (κ2) is 6.37. The maximum absolute atomic E-state index is 11.1. The van der Waals surface area contributed by atoms with Gasteiger partial charge in [-0.1, -0.05) is 24.3 Å². The van der Waals surface area contributed by atoms with Crippen LogP contribution in [0.4, 0.5) is 5.69 Å². The predicted octanol–water partition coefficient (Wildman–Crippen LogP) is 3.72. The number of nitro groups is 1. The molecule has 0 aliphatic rings. The van der Waals surface area contributed by atoms with E-state index >= 15 is 0 Å². The number of aryl methyl sites for hydroxylation is 2. The molecule has 0 saturated carbocycles. The Morgan fingerprint density at radius 2 is 1.95 bits per heavy atom. The Morgan fingerprint density at radius 1 is 1.19 bits per heavy atom. The van der Waals surface area contributed by atoms with Crippen LogP contribution >= 0.6 is 0 Å². The highest BCUT2D eigenvalue weighted by Crippen LogP contribution is 2.35. The third-order valence-electron chi connectivity index (χ3n) is 3.22. The molecule has 0 saturated heterocycles. The molecular weight excluding hydrogens is 268 g/mol. The van der Waals surface area contributed by atoms with Gasteiger partial charge in [0.05, 0.1) is 4.92 Å². The summed E-state index contributed by atoms with van der Waals surface area (Å²) < 4.78 is 5.80. The Morgan fingerprint density at radius 3 is 2.57 bits per heavy atom. The average Bonchev–Trinajstić information content (AvgIpc) is 2.43. The maximum Gasteiger partial charge on any atom is 0.311 e. The van der Waals surface area contributed by atoms with Gasteiger partial charge in [-0.15, -0.1) is 0 Å². The molecule has 0 spiro atoms. The summed E-state index contributed by atoms with van der Waals surface area (Å²) >= 11 is 0. The van der Waals surface area contributed by atoms with E-state index < -0.39 is 4.92 Å². The van der Waals surface area contributed by atoms with Crippen LogP contribution in [0.15, 0.2) is 36.4 Å². The molecule has 2 aromatic rings. The number of nitrogens with one attached hydrogen (secondary N) is 1. The van der Waals surface area contributed by atoms with E-state index in [2.05, 4.69) is 5.32 Å². The van der Waals surface area contributed by atoms with E-state index in [1.54, 1.807) is 19.1 Å². The van der Waals surface area contributed by atoms with Crippen molar-refractivity contribution in [1.29, 1.82) is 0 Å². The quantitative estimate of drug-likeness (QED) is 0.672. The Kier molecular flexibility index (Phi) is 4.55. The minimum absolute atomic E-state index is 0.0197. The SMILES string of the molecule is CNCc1ccc(Oc2c(C)cccc2[N+](=O)[O-])c(C)c1. The highest BCUT2D eigenvalue weighted by Gasteiger charge is 2.18. The van der Waals surface area contributed by atoms with E-state index in [0.29, 0.717) is 11.5 Å². The number of para-hydroxylation sites is 1. The molecule has 0 aromatic heterocycles. The van der Waals surface area contributed by atoms with Gasteiger partial charge in [0.15, 0.2) is 0 Å². The maximum atomic E-state index is 11.1. The topological polar surface area (TPSA) is 64.4 Å². The van der Waals surface area contributed by atoms with Crippen LogP contribution in [-0.2, 0) is 6.54 Å². The third kappa shape index (κ3) is 3.38. The van der Waals surface area contributed by atoms with Crippen LogP contribution in [0.3, 0.4) is 0 Å². The van der Waals surface area contributed by atoms with Gasteiger partial charge in [-0.2, -0.15) is 0 Å². The summed E-state index contributed by atoms with van der Waals surface area (Å²) in [6.07, 6.45) is 0. The minimum atomic E-state index is -0.424. The number of nitro benzene ring substituents is 1. The smallest absolute Gasteiger partial charge is 0.311 e. The minimum Gasteiger partial charge on any atom is -0.450 e. The van der Waals surface area contributed by atoms with E-state index in [1.165, 1.54) is 6.07 Å². The van der Waals surface area contributed by atoms with Gasteiger partial charge in [-0.05, 0) is 43.7 Å². The summed E-state index contributed by atoms with van der Waals surface area (Å²) in [4.78, 5) is 10.7. The standard InChI is InChI=1S/C16H18N2O3/c1-11-5-4-6-14(18(19)20)16(11)21-15-8-7-13(10-17-3)9-12(15)2/h4-9,17H,10H2,1-3H3. The lowest BCUT2D eigenvalue weighted by Crippen LogP contribution is -2.05. The van der Waals surface area contributed by atoms with Crippen LogP contribution in [0.2, 0.25) is 0 Å². The molecule has 0 aliphatic carbocycles. The van der Waals surface area contributed by atoms with Crippen LogP contribution < -0.4 is 10.1 Å². The van der Waals surface area contributed by atoms with Gasteiger partial charge in [0.1, 0.15) is 5.75 Å². The fourth-order valence-electron chi connectivity index (χ4n) is 2.16. The van der Waals surface area contributed by atoms with Crippen molar-refractivity contribution in [2.45, 2.75) is 20.4 Å². The van der Waals surface area contributed by atoms with Crippen molar-refractivity contribution in [3.05, 3.63) is 63.2 Å². The van der Waals surface area contributed by atoms with Gasteiger partial charge < -0.3 is 10.1 Å². The van der Waals surface area contributed by atoms with Crippen LogP contribution in [-0.4, -0.2) is 12.0 Å². The van der Waals surface area contributed by atoms with Crippen molar-refractivity contribution >= 4 is 5.69 Å². The molecule has 1 N–H and O–H groups in total. The molecule has 0 fully saturated rings. The van der Waals surface area contributed by atoms with Gasteiger partial charge >= 0.3 is 5.69 Å². The molecular formula is C16H18N2O3. The number of hydrogen-bond donors (Lipinski definition) is 1. The largest absolute Gasteiger partial charge is 0.450 e. The lowest BCUT2D eigenvalue weighted by Gasteiger charge is -2.12. The number of ether oxygens (including phenoxy) is 1. The zero-order valence-corrected chi connectivity index (χ0v) is 12.3. The van der Waals surface area contributed by atoms with Crippen molar-refractivity contribution in [1.82, 2.24) is 5.32 Å². The molecule has 5 heteroatoms. The molecule has 0 unspecified atom stereocenters. The van der Waals surface area contributed by atoms with Gasteiger partial charge in [-0.3, -0.25) is 10.1 Å². The van der Waals surface area contributed by atoms with E-state index in [4.69, 9.17) is 4.74 Å². The first-order chi connectivity index (χ1) is 10.0. The Hall–Kier alpha value is -2.40. The molecule has 0 heterocycles. The summed E-state index contributed by atoms with van der Waals surface area (Å²) in [5, 5.41) is 14.2. The average molecular weight is 286 g/mol. The molecule has 110 valence electrons.